The van der Waals surface area contributed by atoms with Crippen molar-refractivity contribution < 1.29 is 9.26 Å². The van der Waals surface area contributed by atoms with E-state index in [1.807, 2.05) is 7.05 Å². The Morgan fingerprint density at radius 1 is 1.14 bits per heavy atom. The van der Waals surface area contributed by atoms with Crippen LogP contribution >= 0.6 is 0 Å². The maximum atomic E-state index is 5.70. The van der Waals surface area contributed by atoms with Crippen molar-refractivity contribution in [3.8, 4) is 0 Å². The van der Waals surface area contributed by atoms with Gasteiger partial charge in [0.25, 0.3) is 0 Å². The largest absolute Gasteiger partial charge is 0.373 e. The second kappa shape index (κ2) is 6.88. The minimum atomic E-state index is -0.00256. The number of rotatable bonds is 5. The summed E-state index contributed by atoms with van der Waals surface area (Å²) in [4.78, 5) is 4.69. The van der Waals surface area contributed by atoms with Gasteiger partial charge in [-0.3, -0.25) is 0 Å². The molecule has 0 saturated heterocycles. The SMILES string of the molecule is CNC1CCCC1c1nc(C(OC)C2CCCCC2)no1. The molecule has 1 aromatic rings. The van der Waals surface area contributed by atoms with E-state index < -0.39 is 0 Å². The summed E-state index contributed by atoms with van der Waals surface area (Å²) in [5, 5.41) is 7.61. The zero-order valence-corrected chi connectivity index (χ0v) is 13.2. The molecule has 1 N–H and O–H groups in total. The molecule has 3 atom stereocenters. The van der Waals surface area contributed by atoms with E-state index in [0.717, 1.165) is 18.1 Å². The van der Waals surface area contributed by atoms with Crippen molar-refractivity contribution in [2.75, 3.05) is 14.2 Å². The van der Waals surface area contributed by atoms with E-state index in [-0.39, 0.29) is 6.10 Å². The van der Waals surface area contributed by atoms with Crippen molar-refractivity contribution in [1.29, 1.82) is 0 Å². The van der Waals surface area contributed by atoms with Crippen LogP contribution in [0.1, 0.15) is 75.1 Å². The molecule has 5 nitrogen and oxygen atoms in total. The van der Waals surface area contributed by atoms with Crippen LogP contribution in [0.3, 0.4) is 0 Å². The van der Waals surface area contributed by atoms with E-state index in [2.05, 4.69) is 10.5 Å². The summed E-state index contributed by atoms with van der Waals surface area (Å²) in [6, 6.07) is 0.467. The van der Waals surface area contributed by atoms with Crippen LogP contribution in [0.15, 0.2) is 4.52 Å². The summed E-state index contributed by atoms with van der Waals surface area (Å²) in [7, 11) is 3.78. The molecule has 21 heavy (non-hydrogen) atoms. The number of nitrogens with one attached hydrogen (secondary N) is 1. The van der Waals surface area contributed by atoms with Crippen LogP contribution in [0.4, 0.5) is 0 Å². The van der Waals surface area contributed by atoms with E-state index in [9.17, 15) is 0 Å². The lowest BCUT2D eigenvalue weighted by Crippen LogP contribution is -2.27. The summed E-state index contributed by atoms with van der Waals surface area (Å²) in [6.07, 6.45) is 9.90. The minimum Gasteiger partial charge on any atom is -0.373 e. The van der Waals surface area contributed by atoms with Crippen LogP contribution in [-0.4, -0.2) is 30.3 Å². The van der Waals surface area contributed by atoms with Gasteiger partial charge in [0.15, 0.2) is 0 Å². The normalized spacial score (nSPS) is 28.9. The van der Waals surface area contributed by atoms with Crippen molar-refractivity contribution in [2.45, 2.75) is 69.4 Å². The molecule has 2 fully saturated rings. The summed E-state index contributed by atoms with van der Waals surface area (Å²) in [6.45, 7) is 0. The second-order valence-electron chi connectivity index (χ2n) is 6.48. The van der Waals surface area contributed by atoms with Gasteiger partial charge in [-0.2, -0.15) is 4.98 Å². The van der Waals surface area contributed by atoms with Gasteiger partial charge in [0.2, 0.25) is 11.7 Å². The Labute approximate surface area is 126 Å². The highest BCUT2D eigenvalue weighted by Gasteiger charge is 2.34. The Morgan fingerprint density at radius 3 is 2.67 bits per heavy atom. The topological polar surface area (TPSA) is 60.2 Å². The van der Waals surface area contributed by atoms with Gasteiger partial charge in [0.1, 0.15) is 6.10 Å². The molecule has 1 aromatic heterocycles. The van der Waals surface area contributed by atoms with Gasteiger partial charge >= 0.3 is 0 Å². The van der Waals surface area contributed by atoms with Crippen molar-refractivity contribution >= 4 is 0 Å². The fraction of sp³-hybridized carbons (Fsp3) is 0.875. The van der Waals surface area contributed by atoms with E-state index in [1.54, 1.807) is 7.11 Å². The maximum Gasteiger partial charge on any atom is 0.231 e. The molecule has 5 heteroatoms. The highest BCUT2D eigenvalue weighted by atomic mass is 16.5. The lowest BCUT2D eigenvalue weighted by atomic mass is 9.85. The van der Waals surface area contributed by atoms with E-state index in [1.165, 1.54) is 44.9 Å². The minimum absolute atomic E-state index is 0.00256. The number of hydrogen-bond acceptors (Lipinski definition) is 5. The van der Waals surface area contributed by atoms with Crippen LogP contribution in [0.25, 0.3) is 0 Å². The number of hydrogen-bond donors (Lipinski definition) is 1. The molecule has 0 bridgehead atoms. The summed E-state index contributed by atoms with van der Waals surface area (Å²) in [5.41, 5.74) is 0. The van der Waals surface area contributed by atoms with Gasteiger partial charge in [-0.1, -0.05) is 30.8 Å². The zero-order valence-electron chi connectivity index (χ0n) is 13.2. The first-order valence-corrected chi connectivity index (χ1v) is 8.37. The zero-order chi connectivity index (χ0) is 14.7. The van der Waals surface area contributed by atoms with Crippen LogP contribution in [0.2, 0.25) is 0 Å². The standard InChI is InChI=1S/C16H27N3O2/c1-17-13-10-6-9-12(13)16-18-15(19-21-16)14(20-2)11-7-4-3-5-8-11/h11-14,17H,3-10H2,1-2H3. The Balaban J connectivity index is 1.73. The van der Waals surface area contributed by atoms with Crippen LogP contribution in [-0.2, 0) is 4.74 Å². The third-order valence-electron chi connectivity index (χ3n) is 5.25. The molecule has 0 aliphatic heterocycles. The third-order valence-corrected chi connectivity index (χ3v) is 5.25. The van der Waals surface area contributed by atoms with Crippen molar-refractivity contribution in [1.82, 2.24) is 15.5 Å². The average Bonchev–Trinajstić information content (AvgIpc) is 3.17. The van der Waals surface area contributed by atoms with Gasteiger partial charge < -0.3 is 14.6 Å². The van der Waals surface area contributed by atoms with Crippen molar-refractivity contribution in [3.05, 3.63) is 11.7 Å². The molecule has 0 spiro atoms. The third kappa shape index (κ3) is 3.14. The molecular formula is C16H27N3O2. The first-order valence-electron chi connectivity index (χ1n) is 8.37. The molecule has 3 unspecified atom stereocenters. The molecule has 0 amide bonds. The maximum absolute atomic E-state index is 5.70. The van der Waals surface area contributed by atoms with Gasteiger partial charge in [0.05, 0.1) is 5.92 Å². The van der Waals surface area contributed by atoms with Gasteiger partial charge in [-0.15, -0.1) is 0 Å². The lowest BCUT2D eigenvalue weighted by Gasteiger charge is -2.26. The van der Waals surface area contributed by atoms with Crippen LogP contribution < -0.4 is 5.32 Å². The summed E-state index contributed by atoms with van der Waals surface area (Å²) < 4.78 is 11.3. The Morgan fingerprint density at radius 2 is 1.95 bits per heavy atom. The van der Waals surface area contributed by atoms with Gasteiger partial charge in [0, 0.05) is 13.2 Å². The van der Waals surface area contributed by atoms with Gasteiger partial charge in [-0.25, -0.2) is 0 Å². The van der Waals surface area contributed by atoms with E-state index >= 15 is 0 Å². The number of methoxy groups -OCH3 is 1. The fourth-order valence-corrected chi connectivity index (χ4v) is 4.06. The molecule has 0 aromatic carbocycles. The highest BCUT2D eigenvalue weighted by molar-refractivity contribution is 5.04. The van der Waals surface area contributed by atoms with Gasteiger partial charge in [-0.05, 0) is 38.6 Å². The molecule has 0 radical (unpaired) electrons. The molecule has 2 aliphatic rings. The predicted molar refractivity (Wildman–Crippen MR) is 80.1 cm³/mol. The quantitative estimate of drug-likeness (QED) is 0.903. The summed E-state index contributed by atoms with van der Waals surface area (Å²) in [5.74, 6) is 2.44. The molecule has 1 heterocycles. The van der Waals surface area contributed by atoms with Crippen LogP contribution in [0, 0.1) is 5.92 Å². The number of nitrogens with zero attached hydrogens (tertiary/aromatic N) is 2. The fourth-order valence-electron chi connectivity index (χ4n) is 4.06. The second-order valence-corrected chi connectivity index (χ2v) is 6.48. The molecule has 2 saturated carbocycles. The molecule has 3 rings (SSSR count). The van der Waals surface area contributed by atoms with Crippen molar-refractivity contribution in [2.24, 2.45) is 5.92 Å². The number of aromatic nitrogens is 2. The van der Waals surface area contributed by atoms with Crippen molar-refractivity contribution in [3.63, 3.8) is 0 Å². The predicted octanol–water partition coefficient (Wildman–Crippen LogP) is 3.19. The van der Waals surface area contributed by atoms with E-state index in [0.29, 0.717) is 17.9 Å². The monoisotopic (exact) mass is 293 g/mol. The average molecular weight is 293 g/mol. The Kier molecular flexibility index (Phi) is 4.91. The first kappa shape index (κ1) is 15.0. The lowest BCUT2D eigenvalue weighted by molar-refractivity contribution is 0.0273. The summed E-state index contributed by atoms with van der Waals surface area (Å²) >= 11 is 0. The van der Waals surface area contributed by atoms with Crippen LogP contribution in [0.5, 0.6) is 0 Å². The van der Waals surface area contributed by atoms with E-state index in [4.69, 9.17) is 14.2 Å². The number of ether oxygens (including phenoxy) is 1. The number of likely N-dealkylation sites (N-methyl/N-ethyl adjacent to an activating group) is 1. The first-order chi connectivity index (χ1) is 10.3. The molecular weight excluding hydrogens is 266 g/mol. The Bertz CT molecular complexity index is 442. The molecule has 118 valence electrons. The molecule has 2 aliphatic carbocycles. The smallest absolute Gasteiger partial charge is 0.231 e. The Hall–Kier alpha value is -0.940. The highest BCUT2D eigenvalue weighted by Crippen LogP contribution is 2.37.